The Balaban J connectivity index is 2.86. The Hall–Kier alpha value is -1.38. The molecule has 0 saturated carbocycles. The van der Waals surface area contributed by atoms with Crippen LogP contribution in [0.15, 0.2) is 33.9 Å². The van der Waals surface area contributed by atoms with Crippen LogP contribution in [0.4, 0.5) is 0 Å². The summed E-state index contributed by atoms with van der Waals surface area (Å²) in [5, 5.41) is 4.18. The second-order valence-electron chi connectivity index (χ2n) is 5.83. The summed E-state index contributed by atoms with van der Waals surface area (Å²) in [7, 11) is 0. The minimum atomic E-state index is -0.0908. The van der Waals surface area contributed by atoms with Gasteiger partial charge >= 0.3 is 0 Å². The van der Waals surface area contributed by atoms with E-state index in [1.807, 2.05) is 20.1 Å². The molecule has 3 heteroatoms. The molecule has 112 valence electrons. The lowest BCUT2D eigenvalue weighted by Crippen LogP contribution is -2.20. The Morgan fingerprint density at radius 2 is 2.30 bits per heavy atom. The summed E-state index contributed by atoms with van der Waals surface area (Å²) in [6.45, 7) is 11.3. The molecule has 20 heavy (non-hydrogen) atoms. The smallest absolute Gasteiger partial charge is 0.124 e. The molecule has 1 aliphatic heterocycles. The summed E-state index contributed by atoms with van der Waals surface area (Å²) in [6.07, 6.45) is 11.5. The first-order valence-electron chi connectivity index (χ1n) is 7.54. The highest BCUT2D eigenvalue weighted by Crippen LogP contribution is 2.26. The van der Waals surface area contributed by atoms with E-state index in [0.29, 0.717) is 0 Å². The van der Waals surface area contributed by atoms with Crippen LogP contribution in [-0.2, 0) is 4.84 Å². The predicted octanol–water partition coefficient (Wildman–Crippen LogP) is 4.55. The molecular weight excluding hydrogens is 248 g/mol. The van der Waals surface area contributed by atoms with Crippen LogP contribution in [0.3, 0.4) is 0 Å². The van der Waals surface area contributed by atoms with Gasteiger partial charge in [0.2, 0.25) is 0 Å². The number of allylic oxidation sites excluding steroid dienone is 4. The molecule has 1 aliphatic rings. The number of hydrogen-bond acceptors (Lipinski definition) is 3. The molecule has 0 saturated heterocycles. The molecule has 0 aromatic rings. The Morgan fingerprint density at radius 1 is 1.55 bits per heavy atom. The van der Waals surface area contributed by atoms with Gasteiger partial charge in [-0.15, -0.1) is 0 Å². The Morgan fingerprint density at radius 3 is 2.95 bits per heavy atom. The highest BCUT2D eigenvalue weighted by atomic mass is 16.6. The third kappa shape index (κ3) is 5.72. The Bertz CT molecular complexity index is 421. The zero-order chi connectivity index (χ0) is 15.0. The van der Waals surface area contributed by atoms with Crippen LogP contribution in [0.2, 0.25) is 0 Å². The monoisotopic (exact) mass is 276 g/mol. The van der Waals surface area contributed by atoms with E-state index in [0.717, 1.165) is 25.8 Å². The molecule has 0 fully saturated rings. The van der Waals surface area contributed by atoms with E-state index in [2.05, 4.69) is 49.1 Å². The second-order valence-corrected chi connectivity index (χ2v) is 5.83. The molecular formula is C17H28N2O. The van der Waals surface area contributed by atoms with Crippen molar-refractivity contribution in [3.05, 3.63) is 23.8 Å². The van der Waals surface area contributed by atoms with E-state index in [1.165, 1.54) is 11.3 Å². The molecule has 0 N–H and O–H groups in total. The average Bonchev–Trinajstić information content (AvgIpc) is 2.37. The summed E-state index contributed by atoms with van der Waals surface area (Å²) in [5.41, 5.74) is 2.40. The van der Waals surface area contributed by atoms with Crippen molar-refractivity contribution in [3.8, 4) is 0 Å². The minimum Gasteiger partial charge on any atom is -0.393 e. The van der Waals surface area contributed by atoms with Crippen LogP contribution >= 0.6 is 0 Å². The number of hydrogen-bond donors (Lipinski definition) is 0. The third-order valence-corrected chi connectivity index (χ3v) is 3.55. The van der Waals surface area contributed by atoms with Gasteiger partial charge in [-0.1, -0.05) is 37.2 Å². The van der Waals surface area contributed by atoms with Crippen LogP contribution in [-0.4, -0.2) is 24.6 Å². The molecule has 0 amide bonds. The first-order chi connectivity index (χ1) is 9.49. The van der Waals surface area contributed by atoms with E-state index in [9.17, 15) is 0 Å². The molecule has 2 atom stereocenters. The topological polar surface area (TPSA) is 34.0 Å². The maximum atomic E-state index is 5.43. The minimum absolute atomic E-state index is 0.0908. The predicted molar refractivity (Wildman–Crippen MR) is 87.5 cm³/mol. The van der Waals surface area contributed by atoms with Gasteiger partial charge in [-0.3, -0.25) is 4.99 Å². The van der Waals surface area contributed by atoms with Gasteiger partial charge in [-0.05, 0) is 39.2 Å². The van der Waals surface area contributed by atoms with E-state index in [1.54, 1.807) is 0 Å². The van der Waals surface area contributed by atoms with Crippen molar-refractivity contribution >= 4 is 11.9 Å². The first kappa shape index (κ1) is 16.7. The second kappa shape index (κ2) is 8.03. The maximum Gasteiger partial charge on any atom is 0.124 e. The van der Waals surface area contributed by atoms with Crippen molar-refractivity contribution in [1.29, 1.82) is 0 Å². The summed E-state index contributed by atoms with van der Waals surface area (Å²) >= 11 is 0. The number of oxime groups is 1. The van der Waals surface area contributed by atoms with Gasteiger partial charge in [-0.2, -0.15) is 0 Å². The SMILES string of the molecule is C/C=C\C1=C\C(C)(/C=N/OC(C)CC)CCN=C(C)C1. The largest absolute Gasteiger partial charge is 0.393 e. The van der Waals surface area contributed by atoms with Gasteiger partial charge < -0.3 is 4.84 Å². The van der Waals surface area contributed by atoms with Crippen LogP contribution in [0, 0.1) is 5.41 Å². The highest BCUT2D eigenvalue weighted by molar-refractivity contribution is 5.85. The van der Waals surface area contributed by atoms with Crippen molar-refractivity contribution in [2.24, 2.45) is 15.6 Å². The van der Waals surface area contributed by atoms with Crippen molar-refractivity contribution in [3.63, 3.8) is 0 Å². The number of aliphatic imine (C=N–C) groups is 1. The standard InChI is InChI=1S/C17H28N2O/c1-6-8-16-11-14(3)18-10-9-17(5,12-16)13-19-20-15(4)7-2/h6,8,12-13,15H,7,9-11H2,1-5H3/b8-6-,16-12-,18-14?,19-13+. The highest BCUT2D eigenvalue weighted by Gasteiger charge is 2.21. The fourth-order valence-electron chi connectivity index (χ4n) is 2.14. The molecule has 0 aliphatic carbocycles. The molecule has 0 radical (unpaired) electrons. The van der Waals surface area contributed by atoms with Gasteiger partial charge in [0.25, 0.3) is 0 Å². The van der Waals surface area contributed by atoms with Crippen molar-refractivity contribution in [2.75, 3.05) is 6.54 Å². The van der Waals surface area contributed by atoms with Gasteiger partial charge in [0.1, 0.15) is 6.10 Å². The molecule has 0 aromatic carbocycles. The van der Waals surface area contributed by atoms with E-state index in [-0.39, 0.29) is 11.5 Å². The maximum absolute atomic E-state index is 5.43. The van der Waals surface area contributed by atoms with E-state index >= 15 is 0 Å². The quantitative estimate of drug-likeness (QED) is 0.535. The molecule has 0 spiro atoms. The molecule has 1 heterocycles. The Kier molecular flexibility index (Phi) is 6.69. The summed E-state index contributed by atoms with van der Waals surface area (Å²) in [5.74, 6) is 0. The lowest BCUT2D eigenvalue weighted by molar-refractivity contribution is 0.0695. The van der Waals surface area contributed by atoms with Crippen molar-refractivity contribution in [1.82, 2.24) is 0 Å². The van der Waals surface area contributed by atoms with Crippen LogP contribution in [0.5, 0.6) is 0 Å². The number of rotatable bonds is 5. The van der Waals surface area contributed by atoms with Crippen LogP contribution < -0.4 is 0 Å². The van der Waals surface area contributed by atoms with Crippen molar-refractivity contribution < 1.29 is 4.84 Å². The summed E-state index contributed by atoms with van der Waals surface area (Å²) in [4.78, 5) is 10.0. The number of nitrogens with zero attached hydrogens (tertiary/aromatic N) is 2. The Labute approximate surface area is 123 Å². The first-order valence-corrected chi connectivity index (χ1v) is 7.54. The zero-order valence-electron chi connectivity index (χ0n) is 13.5. The normalized spacial score (nSPS) is 28.6. The van der Waals surface area contributed by atoms with Gasteiger partial charge in [0.05, 0.1) is 6.21 Å². The van der Waals surface area contributed by atoms with Gasteiger partial charge in [-0.25, -0.2) is 0 Å². The fraction of sp³-hybridized carbons (Fsp3) is 0.647. The average molecular weight is 276 g/mol. The molecule has 0 aromatic heterocycles. The fourth-order valence-corrected chi connectivity index (χ4v) is 2.14. The zero-order valence-corrected chi connectivity index (χ0v) is 13.5. The summed E-state index contributed by atoms with van der Waals surface area (Å²) in [6, 6.07) is 0. The third-order valence-electron chi connectivity index (χ3n) is 3.55. The van der Waals surface area contributed by atoms with E-state index < -0.39 is 0 Å². The van der Waals surface area contributed by atoms with Crippen molar-refractivity contribution in [2.45, 2.75) is 60.0 Å². The molecule has 2 unspecified atom stereocenters. The lowest BCUT2D eigenvalue weighted by Gasteiger charge is -2.23. The lowest BCUT2D eigenvalue weighted by atomic mass is 9.84. The molecule has 0 bridgehead atoms. The molecule has 3 nitrogen and oxygen atoms in total. The van der Waals surface area contributed by atoms with E-state index in [4.69, 9.17) is 4.84 Å². The van der Waals surface area contributed by atoms with Gasteiger partial charge in [0, 0.05) is 24.1 Å². The van der Waals surface area contributed by atoms with Crippen LogP contribution in [0.25, 0.3) is 0 Å². The van der Waals surface area contributed by atoms with Gasteiger partial charge in [0.15, 0.2) is 0 Å². The van der Waals surface area contributed by atoms with Crippen LogP contribution in [0.1, 0.15) is 53.9 Å². The molecule has 1 rings (SSSR count). The summed E-state index contributed by atoms with van der Waals surface area (Å²) < 4.78 is 0.